The van der Waals surface area contributed by atoms with Crippen LogP contribution >= 0.6 is 46.4 Å². The average Bonchev–Trinajstić information content (AvgIpc) is 3.35. The van der Waals surface area contributed by atoms with Gasteiger partial charge in [-0.1, -0.05) is 58.5 Å². The predicted octanol–water partition coefficient (Wildman–Crippen LogP) is 5.55. The number of benzene rings is 2. The standard InChI is InChI=1S/C20H17Cl4N3O3/c1-28-19(14-4-2-12(21)6-16(14)23)18-8-29-20(30-18,9-27-11-25-10-26-27)15-5-3-13(22)7-17(15)24/h2-7,10-11,18-19H,8-9H2,1H3/t18-,19?,20+/m0/s1. The third kappa shape index (κ3) is 4.32. The van der Waals surface area contributed by atoms with Crippen LogP contribution in [-0.4, -0.2) is 34.6 Å². The molecule has 10 heteroatoms. The number of halogens is 4. The zero-order chi connectivity index (χ0) is 21.3. The van der Waals surface area contributed by atoms with E-state index in [1.165, 1.54) is 6.33 Å². The molecule has 1 unspecified atom stereocenters. The van der Waals surface area contributed by atoms with Gasteiger partial charge in [0.1, 0.15) is 31.4 Å². The zero-order valence-corrected chi connectivity index (χ0v) is 18.8. The highest BCUT2D eigenvalue weighted by Crippen LogP contribution is 2.44. The van der Waals surface area contributed by atoms with Gasteiger partial charge in [0.05, 0.1) is 11.6 Å². The van der Waals surface area contributed by atoms with Gasteiger partial charge in [-0.3, -0.25) is 0 Å². The lowest BCUT2D eigenvalue weighted by molar-refractivity contribution is -0.199. The van der Waals surface area contributed by atoms with E-state index in [1.54, 1.807) is 48.5 Å². The maximum atomic E-state index is 6.50. The number of hydrogen-bond donors (Lipinski definition) is 0. The maximum absolute atomic E-state index is 6.50. The van der Waals surface area contributed by atoms with Crippen LogP contribution in [0.4, 0.5) is 0 Å². The number of rotatable bonds is 6. The Bertz CT molecular complexity index is 1030. The monoisotopic (exact) mass is 487 g/mol. The Morgan fingerprint density at radius 1 is 1.13 bits per heavy atom. The molecule has 1 aromatic heterocycles. The highest BCUT2D eigenvalue weighted by Gasteiger charge is 2.48. The van der Waals surface area contributed by atoms with E-state index in [9.17, 15) is 0 Å². The molecule has 3 atom stereocenters. The zero-order valence-electron chi connectivity index (χ0n) is 15.8. The van der Waals surface area contributed by atoms with E-state index in [0.717, 1.165) is 5.56 Å². The second-order valence-corrected chi connectivity index (χ2v) is 8.45. The van der Waals surface area contributed by atoms with Crippen LogP contribution in [0.3, 0.4) is 0 Å². The first kappa shape index (κ1) is 21.8. The van der Waals surface area contributed by atoms with Gasteiger partial charge in [0.15, 0.2) is 0 Å². The van der Waals surface area contributed by atoms with E-state index < -0.39 is 18.0 Å². The van der Waals surface area contributed by atoms with Gasteiger partial charge >= 0.3 is 0 Å². The molecule has 158 valence electrons. The molecule has 1 aliphatic heterocycles. The Kier molecular flexibility index (Phi) is 6.55. The van der Waals surface area contributed by atoms with Crippen molar-refractivity contribution in [3.8, 4) is 0 Å². The highest BCUT2D eigenvalue weighted by molar-refractivity contribution is 6.35. The molecule has 6 nitrogen and oxygen atoms in total. The molecule has 0 amide bonds. The van der Waals surface area contributed by atoms with Crippen molar-refractivity contribution in [3.63, 3.8) is 0 Å². The second kappa shape index (κ2) is 9.01. The van der Waals surface area contributed by atoms with Crippen LogP contribution in [-0.2, 0) is 26.5 Å². The van der Waals surface area contributed by atoms with E-state index in [-0.39, 0.29) is 13.2 Å². The van der Waals surface area contributed by atoms with Crippen LogP contribution < -0.4 is 0 Å². The predicted molar refractivity (Wildman–Crippen MR) is 115 cm³/mol. The molecule has 2 heterocycles. The van der Waals surface area contributed by atoms with Crippen molar-refractivity contribution >= 4 is 46.4 Å². The summed E-state index contributed by atoms with van der Waals surface area (Å²) in [5.74, 6) is -1.21. The minimum Gasteiger partial charge on any atom is -0.374 e. The molecule has 0 radical (unpaired) electrons. The lowest BCUT2D eigenvalue weighted by Crippen LogP contribution is -2.35. The number of nitrogens with zero attached hydrogens (tertiary/aromatic N) is 3. The number of hydrogen-bond acceptors (Lipinski definition) is 5. The van der Waals surface area contributed by atoms with Crippen molar-refractivity contribution < 1.29 is 14.2 Å². The van der Waals surface area contributed by atoms with Crippen LogP contribution in [0.25, 0.3) is 0 Å². The summed E-state index contributed by atoms with van der Waals surface area (Å²) >= 11 is 25.0. The summed E-state index contributed by atoms with van der Waals surface area (Å²) in [6.07, 6.45) is 2.06. The molecule has 0 spiro atoms. The molecule has 4 rings (SSSR count). The number of ether oxygens (including phenoxy) is 3. The van der Waals surface area contributed by atoms with Crippen LogP contribution in [0.15, 0.2) is 49.1 Å². The molecule has 0 bridgehead atoms. The summed E-state index contributed by atoms with van der Waals surface area (Å²) in [6, 6.07) is 10.4. The normalized spacial score (nSPS) is 22.4. The highest BCUT2D eigenvalue weighted by atomic mass is 35.5. The van der Waals surface area contributed by atoms with Crippen molar-refractivity contribution in [2.24, 2.45) is 0 Å². The molecule has 0 N–H and O–H groups in total. The molecule has 1 fully saturated rings. The van der Waals surface area contributed by atoms with Gasteiger partial charge in [0, 0.05) is 33.3 Å². The Morgan fingerprint density at radius 3 is 2.50 bits per heavy atom. The summed E-state index contributed by atoms with van der Waals surface area (Å²) in [6.45, 7) is 0.473. The van der Waals surface area contributed by atoms with E-state index in [0.29, 0.717) is 25.7 Å². The van der Waals surface area contributed by atoms with Crippen LogP contribution in [0.5, 0.6) is 0 Å². The van der Waals surface area contributed by atoms with Crippen LogP contribution in [0.1, 0.15) is 17.2 Å². The summed E-state index contributed by atoms with van der Waals surface area (Å²) < 4.78 is 20.0. The first-order valence-corrected chi connectivity index (χ1v) is 10.5. The SMILES string of the molecule is COC(c1ccc(Cl)cc1Cl)[C@@H]1CO[C@@](Cn2cncn2)(c2ccc(Cl)cc2Cl)O1. The summed E-state index contributed by atoms with van der Waals surface area (Å²) in [5, 5.41) is 6.13. The Morgan fingerprint density at radius 2 is 1.87 bits per heavy atom. The van der Waals surface area contributed by atoms with Gasteiger partial charge in [-0.15, -0.1) is 0 Å². The van der Waals surface area contributed by atoms with Gasteiger partial charge in [0.2, 0.25) is 5.79 Å². The first-order chi connectivity index (χ1) is 14.4. The molecular weight excluding hydrogens is 472 g/mol. The molecule has 2 aromatic carbocycles. The topological polar surface area (TPSA) is 58.4 Å². The Hall–Kier alpha value is -1.38. The second-order valence-electron chi connectivity index (χ2n) is 6.76. The molecule has 3 aromatic rings. The summed E-state index contributed by atoms with van der Waals surface area (Å²) in [4.78, 5) is 4.00. The fraction of sp³-hybridized carbons (Fsp3) is 0.300. The van der Waals surface area contributed by atoms with Gasteiger partial charge < -0.3 is 14.2 Å². The fourth-order valence-electron chi connectivity index (χ4n) is 3.53. The van der Waals surface area contributed by atoms with Gasteiger partial charge in [-0.25, -0.2) is 9.67 Å². The van der Waals surface area contributed by atoms with E-state index in [2.05, 4.69) is 10.1 Å². The molecule has 0 saturated carbocycles. The Balaban J connectivity index is 1.70. The van der Waals surface area contributed by atoms with Crippen molar-refractivity contribution in [2.75, 3.05) is 13.7 Å². The van der Waals surface area contributed by atoms with E-state index >= 15 is 0 Å². The minimum absolute atomic E-state index is 0.232. The van der Waals surface area contributed by atoms with Gasteiger partial charge in [0.25, 0.3) is 0 Å². The van der Waals surface area contributed by atoms with E-state index in [1.807, 2.05) is 6.07 Å². The van der Waals surface area contributed by atoms with Gasteiger partial charge in [-0.2, -0.15) is 5.10 Å². The van der Waals surface area contributed by atoms with Crippen LogP contribution in [0, 0.1) is 0 Å². The molecule has 1 saturated heterocycles. The summed E-state index contributed by atoms with van der Waals surface area (Å²) in [7, 11) is 1.59. The van der Waals surface area contributed by atoms with E-state index in [4.69, 9.17) is 60.6 Å². The molecule has 30 heavy (non-hydrogen) atoms. The fourth-order valence-corrected chi connectivity index (χ4v) is 4.59. The summed E-state index contributed by atoms with van der Waals surface area (Å²) in [5.41, 5.74) is 1.37. The Labute approximate surface area is 193 Å². The lowest BCUT2D eigenvalue weighted by atomic mass is 10.0. The smallest absolute Gasteiger partial charge is 0.217 e. The van der Waals surface area contributed by atoms with Crippen molar-refractivity contribution in [3.05, 3.63) is 80.3 Å². The van der Waals surface area contributed by atoms with Crippen molar-refractivity contribution in [1.82, 2.24) is 14.8 Å². The third-order valence-electron chi connectivity index (χ3n) is 4.86. The van der Waals surface area contributed by atoms with Crippen molar-refractivity contribution in [2.45, 2.75) is 24.5 Å². The van der Waals surface area contributed by atoms with Crippen LogP contribution in [0.2, 0.25) is 20.1 Å². The largest absolute Gasteiger partial charge is 0.374 e. The van der Waals surface area contributed by atoms with Gasteiger partial charge in [-0.05, 0) is 24.3 Å². The quantitative estimate of drug-likeness (QED) is 0.455. The van der Waals surface area contributed by atoms with Crippen molar-refractivity contribution in [1.29, 1.82) is 0 Å². The third-order valence-corrected chi connectivity index (χ3v) is 5.97. The maximum Gasteiger partial charge on any atom is 0.217 e. The minimum atomic E-state index is -1.21. The number of methoxy groups -OCH3 is 1. The molecular formula is C20H17Cl4N3O3. The average molecular weight is 489 g/mol. The first-order valence-electron chi connectivity index (χ1n) is 8.99. The number of aromatic nitrogens is 3. The lowest BCUT2D eigenvalue weighted by Gasteiger charge is -2.30. The molecule has 1 aliphatic rings. The molecule has 0 aliphatic carbocycles.